The second-order valence-corrected chi connectivity index (χ2v) is 10.5. The summed E-state index contributed by atoms with van der Waals surface area (Å²) in [6.45, 7) is 2.68. The van der Waals surface area contributed by atoms with Crippen LogP contribution in [-0.2, 0) is 0 Å². The molecule has 0 aliphatic heterocycles. The Morgan fingerprint density at radius 3 is 2.79 bits per heavy atom. The highest BCUT2D eigenvalue weighted by Crippen LogP contribution is 2.35. The van der Waals surface area contributed by atoms with Crippen molar-refractivity contribution in [2.75, 3.05) is 32.1 Å². The van der Waals surface area contributed by atoms with Crippen molar-refractivity contribution < 1.29 is 9.84 Å². The Labute approximate surface area is 228 Å². The molecule has 0 spiro atoms. The fraction of sp³-hybridized carbons (Fsp3) is 0.414. The van der Waals surface area contributed by atoms with Gasteiger partial charge in [-0.1, -0.05) is 36.9 Å². The van der Waals surface area contributed by atoms with Gasteiger partial charge in [0, 0.05) is 42.0 Å². The molecule has 1 fully saturated rings. The van der Waals surface area contributed by atoms with E-state index in [1.165, 1.54) is 19.3 Å². The van der Waals surface area contributed by atoms with Crippen LogP contribution in [0.25, 0.3) is 28.4 Å². The van der Waals surface area contributed by atoms with E-state index in [2.05, 4.69) is 33.6 Å². The first kappa shape index (κ1) is 26.4. The van der Waals surface area contributed by atoms with E-state index in [1.54, 1.807) is 13.1 Å². The molecule has 1 unspecified atom stereocenters. The molecular formula is C29H35ClN6O2. The molecule has 200 valence electrons. The third-order valence-electron chi connectivity index (χ3n) is 7.25. The summed E-state index contributed by atoms with van der Waals surface area (Å²) in [5.74, 6) is 2.04. The van der Waals surface area contributed by atoms with Crippen LogP contribution in [0, 0.1) is 6.92 Å². The van der Waals surface area contributed by atoms with E-state index in [0.717, 1.165) is 46.8 Å². The van der Waals surface area contributed by atoms with Crippen LogP contribution in [0.5, 0.6) is 5.75 Å². The fourth-order valence-electron chi connectivity index (χ4n) is 5.24. The minimum Gasteiger partial charge on any atom is -0.491 e. The average molecular weight is 535 g/mol. The molecule has 5 rings (SSSR count). The van der Waals surface area contributed by atoms with Crippen molar-refractivity contribution in [2.24, 2.45) is 0 Å². The molecule has 9 heteroatoms. The Morgan fingerprint density at radius 2 is 2.00 bits per heavy atom. The van der Waals surface area contributed by atoms with Gasteiger partial charge in [0.1, 0.15) is 29.9 Å². The molecule has 1 saturated carbocycles. The Hall–Kier alpha value is -3.20. The maximum atomic E-state index is 10.1. The summed E-state index contributed by atoms with van der Waals surface area (Å²) in [6, 6.07) is 11.9. The standard InChI is InChI=1S/C29H35ClN6O2/c1-19-27(25-17-32-26-11-7-8-12-36(25)26)33-28(34-29(19)35(3)22-9-5-4-6-10-22)20-13-21(30)15-24(14-20)38-18-23(37)16-31-2/h7-8,11-15,17,22-23,31,37H,4-6,9-10,16,18H2,1-3H3. The topological polar surface area (TPSA) is 87.8 Å². The zero-order valence-electron chi connectivity index (χ0n) is 22.2. The minimum absolute atomic E-state index is 0.151. The summed E-state index contributed by atoms with van der Waals surface area (Å²) in [4.78, 5) is 17.1. The van der Waals surface area contributed by atoms with Gasteiger partial charge in [-0.15, -0.1) is 0 Å². The number of nitrogens with one attached hydrogen (secondary N) is 1. The molecule has 38 heavy (non-hydrogen) atoms. The summed E-state index contributed by atoms with van der Waals surface area (Å²) in [5, 5.41) is 13.6. The predicted molar refractivity (Wildman–Crippen MR) is 152 cm³/mol. The first-order chi connectivity index (χ1) is 18.4. The van der Waals surface area contributed by atoms with E-state index < -0.39 is 6.10 Å². The van der Waals surface area contributed by atoms with Gasteiger partial charge < -0.3 is 20.1 Å². The number of halogens is 1. The molecular weight excluding hydrogens is 500 g/mol. The number of likely N-dealkylation sites (N-methyl/N-ethyl adjacent to an activating group) is 1. The van der Waals surface area contributed by atoms with Gasteiger partial charge in [0.25, 0.3) is 0 Å². The zero-order chi connectivity index (χ0) is 26.6. The van der Waals surface area contributed by atoms with Crippen molar-refractivity contribution in [1.82, 2.24) is 24.7 Å². The SMILES string of the molecule is CNCC(O)COc1cc(Cl)cc(-c2nc(-c3cnc4ccccn34)c(C)c(N(C)C3CCCCC3)n2)c1. The summed E-state index contributed by atoms with van der Waals surface area (Å²) in [7, 11) is 3.93. The number of hydrogen-bond donors (Lipinski definition) is 2. The lowest BCUT2D eigenvalue weighted by Gasteiger charge is -2.33. The van der Waals surface area contributed by atoms with E-state index in [0.29, 0.717) is 29.2 Å². The van der Waals surface area contributed by atoms with E-state index >= 15 is 0 Å². The van der Waals surface area contributed by atoms with Crippen LogP contribution < -0.4 is 15.0 Å². The van der Waals surface area contributed by atoms with E-state index in [4.69, 9.17) is 26.3 Å². The van der Waals surface area contributed by atoms with Crippen molar-refractivity contribution in [1.29, 1.82) is 0 Å². The van der Waals surface area contributed by atoms with Gasteiger partial charge in [0.15, 0.2) is 5.82 Å². The molecule has 1 aromatic carbocycles. The number of rotatable bonds is 9. The van der Waals surface area contributed by atoms with E-state index in [1.807, 2.05) is 42.7 Å². The lowest BCUT2D eigenvalue weighted by molar-refractivity contribution is 0.108. The molecule has 1 atom stereocenters. The van der Waals surface area contributed by atoms with Gasteiger partial charge >= 0.3 is 0 Å². The lowest BCUT2D eigenvalue weighted by atomic mass is 9.94. The average Bonchev–Trinajstić information content (AvgIpc) is 3.36. The molecule has 4 aromatic rings. The molecule has 1 aliphatic carbocycles. The van der Waals surface area contributed by atoms with Gasteiger partial charge in [-0.2, -0.15) is 0 Å². The number of aromatic nitrogens is 4. The van der Waals surface area contributed by atoms with Gasteiger partial charge in [-0.05, 0) is 57.1 Å². The number of imidazole rings is 1. The highest BCUT2D eigenvalue weighted by atomic mass is 35.5. The molecule has 0 amide bonds. The molecule has 3 aromatic heterocycles. The molecule has 2 N–H and O–H groups in total. The van der Waals surface area contributed by atoms with E-state index in [-0.39, 0.29) is 6.61 Å². The molecule has 0 bridgehead atoms. The van der Waals surface area contributed by atoms with Gasteiger partial charge in [-0.25, -0.2) is 15.0 Å². The normalized spacial score (nSPS) is 15.1. The van der Waals surface area contributed by atoms with Crippen LogP contribution in [0.15, 0.2) is 48.8 Å². The van der Waals surface area contributed by atoms with Crippen LogP contribution in [0.2, 0.25) is 5.02 Å². The third kappa shape index (κ3) is 5.62. The van der Waals surface area contributed by atoms with Crippen molar-refractivity contribution in [3.63, 3.8) is 0 Å². The Kier molecular flexibility index (Phi) is 8.12. The monoisotopic (exact) mass is 534 g/mol. The Morgan fingerprint density at radius 1 is 1.18 bits per heavy atom. The summed E-state index contributed by atoms with van der Waals surface area (Å²) in [5.41, 5.74) is 4.37. The van der Waals surface area contributed by atoms with Gasteiger partial charge in [0.2, 0.25) is 0 Å². The van der Waals surface area contributed by atoms with Crippen molar-refractivity contribution in [3.05, 3.63) is 59.4 Å². The third-order valence-corrected chi connectivity index (χ3v) is 7.47. The highest BCUT2D eigenvalue weighted by Gasteiger charge is 2.25. The lowest BCUT2D eigenvalue weighted by Crippen LogP contribution is -2.34. The summed E-state index contributed by atoms with van der Waals surface area (Å²) in [6.07, 6.45) is 9.32. The number of nitrogens with zero attached hydrogens (tertiary/aromatic N) is 5. The van der Waals surface area contributed by atoms with Crippen LogP contribution in [-0.4, -0.2) is 63.9 Å². The number of benzene rings is 1. The Balaban J connectivity index is 1.60. The first-order valence-corrected chi connectivity index (χ1v) is 13.6. The largest absolute Gasteiger partial charge is 0.491 e. The van der Waals surface area contributed by atoms with Crippen LogP contribution in [0.3, 0.4) is 0 Å². The molecule has 0 radical (unpaired) electrons. The number of ether oxygens (including phenoxy) is 1. The first-order valence-electron chi connectivity index (χ1n) is 13.2. The number of aliphatic hydroxyl groups excluding tert-OH is 1. The fourth-order valence-corrected chi connectivity index (χ4v) is 5.46. The van der Waals surface area contributed by atoms with Crippen molar-refractivity contribution in [3.8, 4) is 28.5 Å². The smallest absolute Gasteiger partial charge is 0.162 e. The predicted octanol–water partition coefficient (Wildman–Crippen LogP) is 5.15. The Bertz CT molecular complexity index is 1400. The molecule has 3 heterocycles. The quantitative estimate of drug-likeness (QED) is 0.307. The molecule has 0 saturated heterocycles. The zero-order valence-corrected chi connectivity index (χ0v) is 22.9. The molecule has 8 nitrogen and oxygen atoms in total. The maximum Gasteiger partial charge on any atom is 0.162 e. The number of anilines is 1. The van der Waals surface area contributed by atoms with E-state index in [9.17, 15) is 5.11 Å². The molecule has 1 aliphatic rings. The summed E-state index contributed by atoms with van der Waals surface area (Å²) < 4.78 is 7.92. The van der Waals surface area contributed by atoms with Crippen LogP contribution in [0.4, 0.5) is 5.82 Å². The van der Waals surface area contributed by atoms with Crippen molar-refractivity contribution in [2.45, 2.75) is 51.2 Å². The number of aliphatic hydroxyl groups is 1. The minimum atomic E-state index is -0.629. The highest BCUT2D eigenvalue weighted by molar-refractivity contribution is 6.31. The second kappa shape index (κ2) is 11.7. The second-order valence-electron chi connectivity index (χ2n) is 10.0. The van der Waals surface area contributed by atoms with Crippen LogP contribution >= 0.6 is 11.6 Å². The van der Waals surface area contributed by atoms with Gasteiger partial charge in [-0.3, -0.25) is 4.40 Å². The van der Waals surface area contributed by atoms with Crippen molar-refractivity contribution >= 4 is 23.1 Å². The summed E-state index contributed by atoms with van der Waals surface area (Å²) >= 11 is 6.51. The van der Waals surface area contributed by atoms with Gasteiger partial charge in [0.05, 0.1) is 17.6 Å². The number of pyridine rings is 1. The maximum absolute atomic E-state index is 10.1. The van der Waals surface area contributed by atoms with Crippen LogP contribution in [0.1, 0.15) is 37.7 Å². The number of hydrogen-bond acceptors (Lipinski definition) is 7. The number of fused-ring (bicyclic) bond motifs is 1.